The summed E-state index contributed by atoms with van der Waals surface area (Å²) in [5.74, 6) is 2.07. The second-order valence-corrected chi connectivity index (χ2v) is 9.71. The lowest BCUT2D eigenvalue weighted by Gasteiger charge is -2.13. The molecule has 3 nitrogen and oxygen atoms in total. The van der Waals surface area contributed by atoms with Gasteiger partial charge in [-0.05, 0) is 56.8 Å². The summed E-state index contributed by atoms with van der Waals surface area (Å²) in [6.45, 7) is 1.93. The Morgan fingerprint density at radius 1 is 0.385 bits per heavy atom. The zero-order chi connectivity index (χ0) is 26.2. The monoisotopic (exact) mass is 499 g/mol. The molecule has 1 aromatic heterocycles. The summed E-state index contributed by atoms with van der Waals surface area (Å²) in [7, 11) is 0. The quantitative estimate of drug-likeness (QED) is 0.242. The maximum atomic E-state index is 4.95. The number of nitrogens with zero attached hydrogens (tertiary/aromatic N) is 3. The molecule has 0 atom stereocenters. The van der Waals surface area contributed by atoms with Crippen molar-refractivity contribution in [3.63, 3.8) is 0 Å². The highest BCUT2D eigenvalue weighted by atomic mass is 15.0. The van der Waals surface area contributed by atoms with Crippen molar-refractivity contribution in [3.8, 4) is 45.0 Å². The summed E-state index contributed by atoms with van der Waals surface area (Å²) in [5, 5.41) is 4.76. The van der Waals surface area contributed by atoms with Crippen LogP contribution in [0.5, 0.6) is 0 Å². The van der Waals surface area contributed by atoms with E-state index in [9.17, 15) is 0 Å². The summed E-state index contributed by atoms with van der Waals surface area (Å²) in [6.07, 6.45) is 0. The van der Waals surface area contributed by atoms with Crippen molar-refractivity contribution >= 4 is 21.5 Å². The van der Waals surface area contributed by atoms with Gasteiger partial charge in [0.2, 0.25) is 0 Å². The summed E-state index contributed by atoms with van der Waals surface area (Å²) < 4.78 is 0. The maximum absolute atomic E-state index is 4.95. The van der Waals surface area contributed by atoms with Crippen LogP contribution >= 0.6 is 0 Å². The van der Waals surface area contributed by atoms with E-state index in [2.05, 4.69) is 133 Å². The highest BCUT2D eigenvalue weighted by molar-refractivity contribution is 6.05. The van der Waals surface area contributed by atoms with Gasteiger partial charge in [-0.2, -0.15) is 0 Å². The largest absolute Gasteiger partial charge is 0.213 e. The van der Waals surface area contributed by atoms with Crippen molar-refractivity contribution in [2.24, 2.45) is 0 Å². The first-order chi connectivity index (χ1) is 19.2. The van der Waals surface area contributed by atoms with E-state index in [1.165, 1.54) is 32.8 Å². The molecule has 0 radical (unpaired) electrons. The Labute approximate surface area is 227 Å². The fourth-order valence-corrected chi connectivity index (χ4v) is 5.40. The van der Waals surface area contributed by atoms with E-state index in [-0.39, 0.29) is 0 Å². The lowest BCUT2D eigenvalue weighted by Crippen LogP contribution is -2.00. The molecule has 39 heavy (non-hydrogen) atoms. The Morgan fingerprint density at radius 2 is 0.949 bits per heavy atom. The number of hydrogen-bond acceptors (Lipinski definition) is 3. The average molecular weight is 500 g/mol. The number of aromatic nitrogens is 3. The first kappa shape index (κ1) is 23.0. The van der Waals surface area contributed by atoms with Crippen LogP contribution in [0, 0.1) is 6.92 Å². The van der Waals surface area contributed by atoms with Crippen molar-refractivity contribution in [2.45, 2.75) is 6.92 Å². The highest BCUT2D eigenvalue weighted by Crippen LogP contribution is 2.37. The van der Waals surface area contributed by atoms with E-state index in [0.717, 1.165) is 22.1 Å². The van der Waals surface area contributed by atoms with E-state index in [4.69, 9.17) is 15.0 Å². The van der Waals surface area contributed by atoms with Gasteiger partial charge in [0, 0.05) is 11.1 Å². The number of rotatable bonds is 4. The SMILES string of the molecule is Cc1nc(-c2cccc(-c3ccc(-c4ccccc4)c4ccccc34)c2)nc(-c2cccc3ccccc23)n1. The Balaban J connectivity index is 1.35. The topological polar surface area (TPSA) is 38.7 Å². The van der Waals surface area contributed by atoms with Crippen LogP contribution in [-0.2, 0) is 0 Å². The number of benzene rings is 6. The molecule has 0 amide bonds. The fourth-order valence-electron chi connectivity index (χ4n) is 5.40. The molecule has 0 aliphatic heterocycles. The van der Waals surface area contributed by atoms with Gasteiger partial charge in [-0.1, -0.05) is 127 Å². The summed E-state index contributed by atoms with van der Waals surface area (Å²) in [4.78, 5) is 14.4. The Kier molecular flexibility index (Phi) is 5.68. The molecule has 0 unspecified atom stereocenters. The molecule has 6 aromatic carbocycles. The van der Waals surface area contributed by atoms with Gasteiger partial charge in [0.15, 0.2) is 11.6 Å². The molecule has 0 N–H and O–H groups in total. The van der Waals surface area contributed by atoms with Crippen molar-refractivity contribution in [2.75, 3.05) is 0 Å². The zero-order valence-corrected chi connectivity index (χ0v) is 21.5. The third-order valence-electron chi connectivity index (χ3n) is 7.22. The second-order valence-electron chi connectivity index (χ2n) is 9.71. The second kappa shape index (κ2) is 9.62. The van der Waals surface area contributed by atoms with E-state index in [1.54, 1.807) is 0 Å². The number of hydrogen-bond donors (Lipinski definition) is 0. The molecule has 0 fully saturated rings. The minimum atomic E-state index is 0.678. The van der Waals surface area contributed by atoms with Gasteiger partial charge in [-0.3, -0.25) is 0 Å². The molecule has 0 saturated heterocycles. The maximum Gasteiger partial charge on any atom is 0.164 e. The van der Waals surface area contributed by atoms with Crippen LogP contribution in [0.2, 0.25) is 0 Å². The third kappa shape index (κ3) is 4.24. The number of aryl methyl sites for hydroxylation is 1. The zero-order valence-electron chi connectivity index (χ0n) is 21.5. The van der Waals surface area contributed by atoms with Crippen LogP contribution in [0.25, 0.3) is 66.6 Å². The molecule has 7 aromatic rings. The molecule has 0 aliphatic rings. The Hall–Kier alpha value is -5.15. The minimum absolute atomic E-state index is 0.678. The van der Waals surface area contributed by atoms with Crippen LogP contribution in [0.3, 0.4) is 0 Å². The smallest absolute Gasteiger partial charge is 0.164 e. The van der Waals surface area contributed by atoms with Crippen LogP contribution in [-0.4, -0.2) is 15.0 Å². The molecule has 184 valence electrons. The van der Waals surface area contributed by atoms with E-state index < -0.39 is 0 Å². The molecule has 1 heterocycles. The van der Waals surface area contributed by atoms with Crippen molar-refractivity contribution in [1.29, 1.82) is 0 Å². The molecule has 0 aliphatic carbocycles. The molecule has 0 saturated carbocycles. The minimum Gasteiger partial charge on any atom is -0.213 e. The van der Waals surface area contributed by atoms with E-state index >= 15 is 0 Å². The first-order valence-corrected chi connectivity index (χ1v) is 13.1. The van der Waals surface area contributed by atoms with Crippen LogP contribution in [0.4, 0.5) is 0 Å². The van der Waals surface area contributed by atoms with E-state index in [0.29, 0.717) is 17.5 Å². The molecule has 7 rings (SSSR count). The van der Waals surface area contributed by atoms with Crippen LogP contribution in [0.1, 0.15) is 5.82 Å². The summed E-state index contributed by atoms with van der Waals surface area (Å²) in [5.41, 5.74) is 6.75. The van der Waals surface area contributed by atoms with Gasteiger partial charge in [-0.15, -0.1) is 0 Å². The lowest BCUT2D eigenvalue weighted by molar-refractivity contribution is 0.993. The van der Waals surface area contributed by atoms with Gasteiger partial charge in [0.05, 0.1) is 0 Å². The molecular weight excluding hydrogens is 474 g/mol. The van der Waals surface area contributed by atoms with Crippen LogP contribution in [0.15, 0.2) is 133 Å². The predicted octanol–water partition coefficient (Wildman–Crippen LogP) is 9.15. The molecule has 0 bridgehead atoms. The van der Waals surface area contributed by atoms with Crippen LogP contribution < -0.4 is 0 Å². The van der Waals surface area contributed by atoms with Gasteiger partial charge in [0.25, 0.3) is 0 Å². The first-order valence-electron chi connectivity index (χ1n) is 13.1. The normalized spacial score (nSPS) is 11.2. The Morgan fingerprint density at radius 3 is 1.74 bits per heavy atom. The molecule has 3 heteroatoms. The van der Waals surface area contributed by atoms with Gasteiger partial charge < -0.3 is 0 Å². The van der Waals surface area contributed by atoms with Crippen molar-refractivity contribution in [3.05, 3.63) is 139 Å². The predicted molar refractivity (Wildman–Crippen MR) is 161 cm³/mol. The average Bonchev–Trinajstić information content (AvgIpc) is 3.00. The van der Waals surface area contributed by atoms with Gasteiger partial charge in [0.1, 0.15) is 5.82 Å². The summed E-state index contributed by atoms with van der Waals surface area (Å²) in [6, 6.07) is 46.7. The number of fused-ring (bicyclic) bond motifs is 2. The van der Waals surface area contributed by atoms with Gasteiger partial charge in [-0.25, -0.2) is 15.0 Å². The highest BCUT2D eigenvalue weighted by Gasteiger charge is 2.14. The Bertz CT molecular complexity index is 1970. The van der Waals surface area contributed by atoms with Gasteiger partial charge >= 0.3 is 0 Å². The standard InChI is InChI=1S/C36H25N3/c1-24-37-35(39-36(38-24)34-20-10-14-26-13-5-6-17-29(26)34)28-16-9-15-27(23-28)31-22-21-30(25-11-3-2-4-12-25)32-18-7-8-19-33(31)32/h2-23H,1H3. The van der Waals surface area contributed by atoms with E-state index in [1.807, 2.05) is 6.92 Å². The summed E-state index contributed by atoms with van der Waals surface area (Å²) >= 11 is 0. The third-order valence-corrected chi connectivity index (χ3v) is 7.22. The molecule has 0 spiro atoms. The lowest BCUT2D eigenvalue weighted by atomic mass is 9.91. The van der Waals surface area contributed by atoms with Crippen molar-refractivity contribution < 1.29 is 0 Å². The molecular formula is C36H25N3. The fraction of sp³-hybridized carbons (Fsp3) is 0.0278. The van der Waals surface area contributed by atoms with Crippen molar-refractivity contribution in [1.82, 2.24) is 15.0 Å².